The molecule has 0 aliphatic rings. The van der Waals surface area contributed by atoms with E-state index in [0.29, 0.717) is 18.2 Å². The van der Waals surface area contributed by atoms with Crippen LogP contribution in [0, 0.1) is 18.7 Å². The number of aryl methyl sites for hydroxylation is 1. The van der Waals surface area contributed by atoms with E-state index in [1.54, 1.807) is 12.1 Å². The lowest BCUT2D eigenvalue weighted by molar-refractivity contribution is 0.0409. The van der Waals surface area contributed by atoms with Gasteiger partial charge in [-0.25, -0.2) is 4.39 Å². The fraction of sp³-hybridized carbons (Fsp3) is 0.625. The minimum absolute atomic E-state index is 0.276. The minimum atomic E-state index is -0.631. The molecule has 3 nitrogen and oxygen atoms in total. The standard InChI is InChI=1S/C16H26FNO2/c1-12(2)5-4-8-20-11-14(19)10-18-16-9-13(3)6-7-15(16)17/h6-7,9,12,14,18-19H,4-5,8,10-11H2,1-3H3. The van der Waals surface area contributed by atoms with Crippen LogP contribution in [-0.4, -0.2) is 31.0 Å². The van der Waals surface area contributed by atoms with E-state index in [0.717, 1.165) is 18.4 Å². The van der Waals surface area contributed by atoms with Crippen molar-refractivity contribution in [1.82, 2.24) is 0 Å². The number of nitrogens with one attached hydrogen (secondary N) is 1. The van der Waals surface area contributed by atoms with Crippen molar-refractivity contribution in [2.24, 2.45) is 5.92 Å². The molecule has 1 aromatic rings. The lowest BCUT2D eigenvalue weighted by atomic mass is 10.1. The van der Waals surface area contributed by atoms with Gasteiger partial charge in [0, 0.05) is 13.2 Å². The summed E-state index contributed by atoms with van der Waals surface area (Å²) in [6, 6.07) is 4.87. The quantitative estimate of drug-likeness (QED) is 0.683. The zero-order chi connectivity index (χ0) is 15.0. The molecule has 0 fully saturated rings. The Morgan fingerprint density at radius 3 is 2.80 bits per heavy atom. The Morgan fingerprint density at radius 1 is 1.35 bits per heavy atom. The predicted molar refractivity (Wildman–Crippen MR) is 80.5 cm³/mol. The van der Waals surface area contributed by atoms with Gasteiger partial charge < -0.3 is 15.2 Å². The minimum Gasteiger partial charge on any atom is -0.389 e. The molecule has 114 valence electrons. The van der Waals surface area contributed by atoms with Gasteiger partial charge in [0.2, 0.25) is 0 Å². The molecular formula is C16H26FNO2. The van der Waals surface area contributed by atoms with Crippen molar-refractivity contribution in [3.8, 4) is 0 Å². The molecule has 0 aliphatic heterocycles. The SMILES string of the molecule is Cc1ccc(F)c(NCC(O)COCCCC(C)C)c1. The lowest BCUT2D eigenvalue weighted by Crippen LogP contribution is -2.25. The van der Waals surface area contributed by atoms with Gasteiger partial charge in [0.1, 0.15) is 5.82 Å². The summed E-state index contributed by atoms with van der Waals surface area (Å²) in [4.78, 5) is 0. The van der Waals surface area contributed by atoms with Crippen molar-refractivity contribution in [2.75, 3.05) is 25.1 Å². The zero-order valence-electron chi connectivity index (χ0n) is 12.7. The fourth-order valence-electron chi connectivity index (χ4n) is 1.87. The van der Waals surface area contributed by atoms with Crippen molar-refractivity contribution >= 4 is 5.69 Å². The number of hydrogen-bond donors (Lipinski definition) is 2. The molecule has 0 bridgehead atoms. The maximum atomic E-state index is 13.5. The van der Waals surface area contributed by atoms with Gasteiger partial charge in [-0.1, -0.05) is 19.9 Å². The first-order valence-electron chi connectivity index (χ1n) is 7.25. The largest absolute Gasteiger partial charge is 0.389 e. The molecule has 1 rings (SSSR count). The van der Waals surface area contributed by atoms with Crippen LogP contribution in [0.2, 0.25) is 0 Å². The van der Waals surface area contributed by atoms with Crippen molar-refractivity contribution in [1.29, 1.82) is 0 Å². The number of benzene rings is 1. The summed E-state index contributed by atoms with van der Waals surface area (Å²) in [5.74, 6) is 0.370. The van der Waals surface area contributed by atoms with Crippen molar-refractivity contribution in [3.63, 3.8) is 0 Å². The Kier molecular flexibility index (Phi) is 7.55. The third-order valence-corrected chi connectivity index (χ3v) is 3.03. The first-order valence-corrected chi connectivity index (χ1v) is 7.25. The number of halogens is 1. The molecule has 2 N–H and O–H groups in total. The van der Waals surface area contributed by atoms with E-state index in [2.05, 4.69) is 19.2 Å². The average Bonchev–Trinajstić information content (AvgIpc) is 2.39. The van der Waals surface area contributed by atoms with E-state index in [1.165, 1.54) is 6.07 Å². The van der Waals surface area contributed by atoms with Gasteiger partial charge in [0.25, 0.3) is 0 Å². The third-order valence-electron chi connectivity index (χ3n) is 3.03. The molecule has 0 aromatic heterocycles. The van der Waals surface area contributed by atoms with Crippen LogP contribution < -0.4 is 5.32 Å². The maximum absolute atomic E-state index is 13.5. The second-order valence-corrected chi connectivity index (χ2v) is 5.63. The molecule has 0 aliphatic carbocycles. The van der Waals surface area contributed by atoms with E-state index in [4.69, 9.17) is 4.74 Å². The molecule has 0 spiro atoms. The first kappa shape index (κ1) is 16.9. The fourth-order valence-corrected chi connectivity index (χ4v) is 1.87. The number of hydrogen-bond acceptors (Lipinski definition) is 3. The van der Waals surface area contributed by atoms with Gasteiger partial charge in [0.15, 0.2) is 0 Å². The molecule has 0 saturated carbocycles. The number of rotatable bonds is 9. The number of aliphatic hydroxyl groups excluding tert-OH is 1. The molecule has 20 heavy (non-hydrogen) atoms. The average molecular weight is 283 g/mol. The van der Waals surface area contributed by atoms with Gasteiger partial charge in [-0.3, -0.25) is 0 Å². The van der Waals surface area contributed by atoms with E-state index in [-0.39, 0.29) is 19.0 Å². The monoisotopic (exact) mass is 283 g/mol. The van der Waals surface area contributed by atoms with Crippen LogP contribution in [0.25, 0.3) is 0 Å². The second kappa shape index (κ2) is 8.93. The van der Waals surface area contributed by atoms with Gasteiger partial charge in [0.05, 0.1) is 18.4 Å². The van der Waals surface area contributed by atoms with Crippen LogP contribution in [0.4, 0.5) is 10.1 Å². The summed E-state index contributed by atoms with van der Waals surface area (Å²) >= 11 is 0. The van der Waals surface area contributed by atoms with Gasteiger partial charge in [-0.15, -0.1) is 0 Å². The molecule has 1 unspecified atom stereocenters. The van der Waals surface area contributed by atoms with Crippen LogP contribution in [0.1, 0.15) is 32.3 Å². The summed E-state index contributed by atoms with van der Waals surface area (Å²) in [5.41, 5.74) is 1.40. The van der Waals surface area contributed by atoms with Crippen LogP contribution in [0.3, 0.4) is 0 Å². The zero-order valence-corrected chi connectivity index (χ0v) is 12.7. The van der Waals surface area contributed by atoms with Crippen LogP contribution in [-0.2, 0) is 4.74 Å². The van der Waals surface area contributed by atoms with E-state index < -0.39 is 6.10 Å². The number of anilines is 1. The maximum Gasteiger partial charge on any atom is 0.146 e. The third kappa shape index (κ3) is 6.87. The Bertz CT molecular complexity index is 396. The summed E-state index contributed by atoms with van der Waals surface area (Å²) in [6.07, 6.45) is 1.50. The predicted octanol–water partition coefficient (Wildman–Crippen LogP) is 3.36. The van der Waals surface area contributed by atoms with Crippen LogP contribution in [0.5, 0.6) is 0 Å². The highest BCUT2D eigenvalue weighted by molar-refractivity contribution is 5.47. The normalized spacial score (nSPS) is 12.7. The first-order chi connectivity index (χ1) is 9.49. The Morgan fingerprint density at radius 2 is 2.10 bits per heavy atom. The smallest absolute Gasteiger partial charge is 0.146 e. The Balaban J connectivity index is 2.19. The van der Waals surface area contributed by atoms with Crippen molar-refractivity contribution in [3.05, 3.63) is 29.6 Å². The van der Waals surface area contributed by atoms with Crippen molar-refractivity contribution in [2.45, 2.75) is 39.7 Å². The molecule has 0 heterocycles. The van der Waals surface area contributed by atoms with Gasteiger partial charge >= 0.3 is 0 Å². The van der Waals surface area contributed by atoms with E-state index >= 15 is 0 Å². The molecular weight excluding hydrogens is 257 g/mol. The Labute approximate surface area is 121 Å². The molecule has 0 saturated heterocycles. The molecule has 0 amide bonds. The second-order valence-electron chi connectivity index (χ2n) is 5.63. The van der Waals surface area contributed by atoms with Gasteiger partial charge in [-0.2, -0.15) is 0 Å². The number of aliphatic hydroxyl groups is 1. The van der Waals surface area contributed by atoms with Crippen LogP contribution in [0.15, 0.2) is 18.2 Å². The summed E-state index contributed by atoms with van der Waals surface area (Å²) in [5, 5.41) is 12.7. The van der Waals surface area contributed by atoms with E-state index in [1.807, 2.05) is 6.92 Å². The summed E-state index contributed by atoms with van der Waals surface area (Å²) in [7, 11) is 0. The lowest BCUT2D eigenvalue weighted by Gasteiger charge is -2.14. The summed E-state index contributed by atoms with van der Waals surface area (Å²) in [6.45, 7) is 7.47. The highest BCUT2D eigenvalue weighted by Gasteiger charge is 2.07. The Hall–Kier alpha value is -1.13. The van der Waals surface area contributed by atoms with E-state index in [9.17, 15) is 9.50 Å². The molecule has 0 radical (unpaired) electrons. The van der Waals surface area contributed by atoms with Gasteiger partial charge in [-0.05, 0) is 43.4 Å². The highest BCUT2D eigenvalue weighted by atomic mass is 19.1. The summed E-state index contributed by atoms with van der Waals surface area (Å²) < 4.78 is 18.9. The molecule has 1 aromatic carbocycles. The molecule has 4 heteroatoms. The molecule has 1 atom stereocenters. The highest BCUT2D eigenvalue weighted by Crippen LogP contribution is 2.15. The number of ether oxygens (including phenoxy) is 1. The van der Waals surface area contributed by atoms with Crippen molar-refractivity contribution < 1.29 is 14.2 Å². The van der Waals surface area contributed by atoms with Crippen LogP contribution >= 0.6 is 0 Å². The topological polar surface area (TPSA) is 41.5 Å².